The smallest absolute Gasteiger partial charge is 0.346 e. The summed E-state index contributed by atoms with van der Waals surface area (Å²) in [5.74, 6) is -2.73. The number of phenols is 1. The number of aliphatic hydroxyl groups excluding tert-OH is 6. The van der Waals surface area contributed by atoms with Gasteiger partial charge in [0, 0.05) is 12.5 Å². The van der Waals surface area contributed by atoms with Crippen LogP contribution in [-0.4, -0.2) is 123 Å². The molecule has 2 heterocycles. The molecule has 0 spiro atoms. The van der Waals surface area contributed by atoms with Crippen molar-refractivity contribution in [2.24, 2.45) is 0 Å². The van der Waals surface area contributed by atoms with E-state index in [0.29, 0.717) is 0 Å². The molecule has 2 fully saturated rings. The van der Waals surface area contributed by atoms with Crippen molar-refractivity contribution in [3.05, 3.63) is 47.5 Å². The molecule has 7 N–H and O–H groups in total. The van der Waals surface area contributed by atoms with E-state index in [1.807, 2.05) is 0 Å². The zero-order valence-electron chi connectivity index (χ0n) is 24.5. The summed E-state index contributed by atoms with van der Waals surface area (Å²) < 4.78 is 38.2. The number of hydrogen-bond donors (Lipinski definition) is 7. The molecular formula is C29H36O16. The maximum absolute atomic E-state index is 13.4. The first kappa shape index (κ1) is 34.1. The van der Waals surface area contributed by atoms with Crippen molar-refractivity contribution in [2.45, 2.75) is 81.9 Å². The van der Waals surface area contributed by atoms with Crippen molar-refractivity contribution < 1.29 is 78.5 Å². The molecule has 2 aromatic rings. The molecule has 2 aromatic carbocycles. The van der Waals surface area contributed by atoms with Crippen molar-refractivity contribution in [1.82, 2.24) is 0 Å². The lowest BCUT2D eigenvalue weighted by Crippen LogP contribution is -2.60. The number of esters is 2. The second-order valence-corrected chi connectivity index (χ2v) is 10.4. The normalized spacial score (nSPS) is 31.5. The quantitative estimate of drug-likeness (QED) is 0.150. The van der Waals surface area contributed by atoms with E-state index < -0.39 is 97.9 Å². The third-order valence-corrected chi connectivity index (χ3v) is 7.25. The van der Waals surface area contributed by atoms with E-state index in [1.165, 1.54) is 32.2 Å². The predicted octanol–water partition coefficient (Wildman–Crippen LogP) is -1.29. The molecule has 2 saturated heterocycles. The van der Waals surface area contributed by atoms with Gasteiger partial charge in [-0.15, -0.1) is 0 Å². The summed E-state index contributed by atoms with van der Waals surface area (Å²) >= 11 is 0. The van der Waals surface area contributed by atoms with Gasteiger partial charge in [-0.3, -0.25) is 4.79 Å². The Labute approximate surface area is 256 Å². The number of aromatic hydroxyl groups is 1. The molecule has 2 aliphatic heterocycles. The Kier molecular flexibility index (Phi) is 11.1. The largest absolute Gasteiger partial charge is 0.504 e. The standard InChI is InChI=1S/C29H36O16/c1-12-25(42-13(2)31)22(35)24(37)28(41-12)44-17-9-8-15(32)26(39-3)19(17)27(38)40-11-14-6-4-5-7-16(14)43-29-23(36)21(34)20(33)18(10-30)45-29/h4-9,12,18,20-25,28-30,32-37H,10-11H2,1-3H3/t12-,18-,20-,21+,22-,23-,24+,25-,28-,29-/m0/s1. The van der Waals surface area contributed by atoms with Crippen molar-refractivity contribution in [1.29, 1.82) is 0 Å². The summed E-state index contributed by atoms with van der Waals surface area (Å²) in [5, 5.41) is 71.4. The molecule has 0 amide bonds. The van der Waals surface area contributed by atoms with Crippen molar-refractivity contribution in [3.8, 4) is 23.0 Å². The third kappa shape index (κ3) is 7.40. The van der Waals surface area contributed by atoms with Crippen molar-refractivity contribution >= 4 is 11.9 Å². The minimum Gasteiger partial charge on any atom is -0.504 e. The molecule has 2 aliphatic rings. The fourth-order valence-corrected chi connectivity index (χ4v) is 4.88. The summed E-state index contributed by atoms with van der Waals surface area (Å²) in [4.78, 5) is 24.8. The van der Waals surface area contributed by atoms with Gasteiger partial charge in [-0.25, -0.2) is 4.79 Å². The monoisotopic (exact) mass is 640 g/mol. The van der Waals surface area contributed by atoms with Crippen LogP contribution in [0.1, 0.15) is 29.8 Å². The number of benzene rings is 2. The Morgan fingerprint density at radius 3 is 2.16 bits per heavy atom. The van der Waals surface area contributed by atoms with Gasteiger partial charge in [-0.1, -0.05) is 18.2 Å². The SMILES string of the molecule is COc1c(O)ccc(O[C@@H]2O[C@@H](C)[C@H](OC(C)=O)[C@@H](O)[C@H]2O)c1C(=O)OCc1ccccc1O[C@H]1O[C@@H](CO)[C@H](O)[C@@H](O)[C@@H]1O. The summed E-state index contributed by atoms with van der Waals surface area (Å²) in [6.07, 6.45) is -14.6. The van der Waals surface area contributed by atoms with E-state index in [2.05, 4.69) is 0 Å². The Hall–Kier alpha value is -3.74. The molecule has 0 unspecified atom stereocenters. The molecule has 45 heavy (non-hydrogen) atoms. The molecule has 0 saturated carbocycles. The van der Waals surface area contributed by atoms with Crippen LogP contribution >= 0.6 is 0 Å². The molecule has 4 rings (SSSR count). The zero-order chi connectivity index (χ0) is 33.0. The maximum atomic E-state index is 13.4. The second kappa shape index (κ2) is 14.6. The number of aliphatic hydroxyl groups is 6. The first-order valence-electron chi connectivity index (χ1n) is 13.9. The fourth-order valence-electron chi connectivity index (χ4n) is 4.88. The van der Waals surface area contributed by atoms with Crippen LogP contribution < -0.4 is 14.2 Å². The van der Waals surface area contributed by atoms with Crippen LogP contribution in [0.3, 0.4) is 0 Å². The van der Waals surface area contributed by atoms with E-state index in [-0.39, 0.29) is 22.8 Å². The van der Waals surface area contributed by atoms with Crippen molar-refractivity contribution in [2.75, 3.05) is 13.7 Å². The van der Waals surface area contributed by atoms with Crippen molar-refractivity contribution in [3.63, 3.8) is 0 Å². The van der Waals surface area contributed by atoms with Gasteiger partial charge in [0.25, 0.3) is 0 Å². The number of hydrogen-bond acceptors (Lipinski definition) is 16. The third-order valence-electron chi connectivity index (χ3n) is 7.25. The van der Waals surface area contributed by atoms with Gasteiger partial charge in [0.1, 0.15) is 60.3 Å². The number of methoxy groups -OCH3 is 1. The molecule has 10 atom stereocenters. The number of rotatable bonds is 10. The summed E-state index contributed by atoms with van der Waals surface area (Å²) in [6, 6.07) is 8.51. The van der Waals surface area contributed by atoms with Crippen LogP contribution in [0.15, 0.2) is 36.4 Å². The Balaban J connectivity index is 1.53. The lowest BCUT2D eigenvalue weighted by atomic mass is 9.99. The maximum Gasteiger partial charge on any atom is 0.346 e. The molecule has 0 radical (unpaired) electrons. The summed E-state index contributed by atoms with van der Waals surface area (Å²) in [5.41, 5.74) is -0.131. The highest BCUT2D eigenvalue weighted by Crippen LogP contribution is 2.39. The van der Waals surface area contributed by atoms with Gasteiger partial charge in [0.05, 0.1) is 19.8 Å². The number of carbonyl (C=O) groups is 2. The number of phenolic OH excluding ortho intramolecular Hbond substituents is 1. The van der Waals surface area contributed by atoms with Crippen LogP contribution in [0.5, 0.6) is 23.0 Å². The Bertz CT molecular complexity index is 1330. The van der Waals surface area contributed by atoms with Crippen LogP contribution in [0.25, 0.3) is 0 Å². The zero-order valence-corrected chi connectivity index (χ0v) is 24.5. The van der Waals surface area contributed by atoms with E-state index in [1.54, 1.807) is 12.1 Å². The lowest BCUT2D eigenvalue weighted by molar-refractivity contribution is -0.277. The van der Waals surface area contributed by atoms with E-state index in [9.17, 15) is 45.3 Å². The van der Waals surface area contributed by atoms with Gasteiger partial charge in [0.15, 0.2) is 17.6 Å². The van der Waals surface area contributed by atoms with Gasteiger partial charge in [-0.2, -0.15) is 0 Å². The summed E-state index contributed by atoms with van der Waals surface area (Å²) in [6.45, 7) is 1.52. The van der Waals surface area contributed by atoms with Crippen LogP contribution in [0.4, 0.5) is 0 Å². The fraction of sp³-hybridized carbons (Fsp3) is 0.517. The number of para-hydroxylation sites is 1. The Morgan fingerprint density at radius 2 is 1.49 bits per heavy atom. The van der Waals surface area contributed by atoms with Crippen LogP contribution in [0, 0.1) is 0 Å². The first-order chi connectivity index (χ1) is 21.4. The van der Waals surface area contributed by atoms with Gasteiger partial charge >= 0.3 is 11.9 Å². The predicted molar refractivity (Wildman–Crippen MR) is 147 cm³/mol. The first-order valence-corrected chi connectivity index (χ1v) is 13.9. The lowest BCUT2D eigenvalue weighted by Gasteiger charge is -2.40. The summed E-state index contributed by atoms with van der Waals surface area (Å²) in [7, 11) is 1.18. The highest BCUT2D eigenvalue weighted by molar-refractivity contribution is 5.96. The molecule has 0 bridgehead atoms. The minimum absolute atomic E-state index is 0.0676. The number of ether oxygens (including phenoxy) is 7. The molecule has 248 valence electrons. The molecule has 16 heteroatoms. The average molecular weight is 641 g/mol. The highest BCUT2D eigenvalue weighted by Gasteiger charge is 2.47. The van der Waals surface area contributed by atoms with E-state index in [0.717, 1.165) is 13.0 Å². The molecular weight excluding hydrogens is 604 g/mol. The van der Waals surface area contributed by atoms with Crippen LogP contribution in [0.2, 0.25) is 0 Å². The van der Waals surface area contributed by atoms with E-state index in [4.69, 9.17) is 33.2 Å². The minimum atomic E-state index is -1.72. The number of carbonyl (C=O) groups excluding carboxylic acids is 2. The van der Waals surface area contributed by atoms with Crippen LogP contribution in [-0.2, 0) is 30.3 Å². The molecule has 0 aromatic heterocycles. The topological polar surface area (TPSA) is 240 Å². The highest BCUT2D eigenvalue weighted by atomic mass is 16.7. The second-order valence-electron chi connectivity index (χ2n) is 10.4. The van der Waals surface area contributed by atoms with Gasteiger partial charge in [-0.05, 0) is 25.1 Å². The Morgan fingerprint density at radius 1 is 0.844 bits per heavy atom. The van der Waals surface area contributed by atoms with Gasteiger partial charge < -0.3 is 68.9 Å². The molecule has 16 nitrogen and oxygen atoms in total. The average Bonchev–Trinajstić information content (AvgIpc) is 3.01. The van der Waals surface area contributed by atoms with Gasteiger partial charge in [0.2, 0.25) is 12.6 Å². The molecule has 0 aliphatic carbocycles. The van der Waals surface area contributed by atoms with E-state index >= 15 is 0 Å².